The van der Waals surface area contributed by atoms with E-state index in [-0.39, 0.29) is 41.5 Å². The maximum absolute atomic E-state index is 13.8. The second kappa shape index (κ2) is 10.8. The van der Waals surface area contributed by atoms with Crippen LogP contribution in [0.1, 0.15) is 56.4 Å². The van der Waals surface area contributed by atoms with Crippen LogP contribution >= 0.6 is 11.6 Å². The summed E-state index contributed by atoms with van der Waals surface area (Å²) in [6.45, 7) is 6.47. The third kappa shape index (κ3) is 5.27. The van der Waals surface area contributed by atoms with Crippen molar-refractivity contribution in [3.63, 3.8) is 0 Å². The second-order valence-electron chi connectivity index (χ2n) is 8.64. The van der Waals surface area contributed by atoms with Gasteiger partial charge in [0.05, 0.1) is 22.5 Å². The highest BCUT2D eigenvalue weighted by Gasteiger charge is 2.26. The highest BCUT2D eigenvalue weighted by molar-refractivity contribution is 6.33. The first-order valence-electron chi connectivity index (χ1n) is 11.8. The minimum atomic E-state index is -0.307. The van der Waals surface area contributed by atoms with Gasteiger partial charge in [0.15, 0.2) is 5.69 Å². The standard InChI is InChI=1S/C26H28ClN5O3/c1-4-5-10-15-32-25(33)19-12-7-6-11-18(19)23(30-32)26(34)31(17(2)3)16-22-28-29-24(35-22)20-13-8-9-14-21(20)27/h6-9,11-14,17H,4-5,10,15-16H2,1-3H3. The molecule has 0 saturated carbocycles. The third-order valence-electron chi connectivity index (χ3n) is 5.80. The lowest BCUT2D eigenvalue weighted by Gasteiger charge is -2.25. The van der Waals surface area contributed by atoms with E-state index >= 15 is 0 Å². The predicted molar refractivity (Wildman–Crippen MR) is 135 cm³/mol. The fraction of sp³-hybridized carbons (Fsp3) is 0.346. The van der Waals surface area contributed by atoms with Gasteiger partial charge >= 0.3 is 0 Å². The van der Waals surface area contributed by atoms with Gasteiger partial charge in [-0.2, -0.15) is 5.10 Å². The number of aromatic nitrogens is 4. The Morgan fingerprint density at radius 2 is 1.77 bits per heavy atom. The number of carbonyl (C=O) groups is 1. The first-order valence-corrected chi connectivity index (χ1v) is 12.2. The Bertz CT molecular complexity index is 1400. The van der Waals surface area contributed by atoms with Gasteiger partial charge in [-0.05, 0) is 38.5 Å². The van der Waals surface area contributed by atoms with Gasteiger partial charge in [-0.1, -0.05) is 61.7 Å². The van der Waals surface area contributed by atoms with Gasteiger partial charge in [0, 0.05) is 18.0 Å². The Morgan fingerprint density at radius 1 is 1.06 bits per heavy atom. The summed E-state index contributed by atoms with van der Waals surface area (Å²) < 4.78 is 7.25. The average Bonchev–Trinajstić information content (AvgIpc) is 3.32. The number of halogens is 1. The van der Waals surface area contributed by atoms with Crippen molar-refractivity contribution in [2.24, 2.45) is 0 Å². The van der Waals surface area contributed by atoms with E-state index in [2.05, 4.69) is 22.2 Å². The Hall–Kier alpha value is -3.52. The zero-order valence-corrected chi connectivity index (χ0v) is 20.8. The molecular weight excluding hydrogens is 466 g/mol. The van der Waals surface area contributed by atoms with E-state index < -0.39 is 0 Å². The number of rotatable bonds is 9. The molecule has 4 aromatic rings. The van der Waals surface area contributed by atoms with Crippen LogP contribution in [0.3, 0.4) is 0 Å². The Balaban J connectivity index is 1.68. The van der Waals surface area contributed by atoms with Crippen LogP contribution in [0.25, 0.3) is 22.2 Å². The van der Waals surface area contributed by atoms with Gasteiger partial charge < -0.3 is 9.32 Å². The molecule has 9 heteroatoms. The highest BCUT2D eigenvalue weighted by atomic mass is 35.5. The monoisotopic (exact) mass is 493 g/mol. The summed E-state index contributed by atoms with van der Waals surface area (Å²) in [7, 11) is 0. The molecule has 1 amide bonds. The molecular formula is C26H28ClN5O3. The molecule has 0 unspecified atom stereocenters. The van der Waals surface area contributed by atoms with Crippen LogP contribution in [0.2, 0.25) is 5.02 Å². The number of hydrogen-bond acceptors (Lipinski definition) is 6. The Labute approximate surface area is 208 Å². The number of amides is 1. The first kappa shape index (κ1) is 24.6. The van der Waals surface area contributed by atoms with E-state index in [1.165, 1.54) is 4.68 Å². The summed E-state index contributed by atoms with van der Waals surface area (Å²) in [5.41, 5.74) is 0.670. The molecule has 35 heavy (non-hydrogen) atoms. The van der Waals surface area contributed by atoms with E-state index in [1.54, 1.807) is 41.3 Å². The van der Waals surface area contributed by atoms with Crippen molar-refractivity contribution < 1.29 is 9.21 Å². The van der Waals surface area contributed by atoms with E-state index in [0.29, 0.717) is 27.9 Å². The maximum atomic E-state index is 13.8. The van der Waals surface area contributed by atoms with Crippen molar-refractivity contribution in [2.45, 2.75) is 59.2 Å². The van der Waals surface area contributed by atoms with Crippen LogP contribution in [0.15, 0.2) is 57.7 Å². The topological polar surface area (TPSA) is 94.1 Å². The lowest BCUT2D eigenvalue weighted by Crippen LogP contribution is -2.38. The molecule has 0 radical (unpaired) electrons. The maximum Gasteiger partial charge on any atom is 0.275 e. The van der Waals surface area contributed by atoms with Crippen molar-refractivity contribution in [2.75, 3.05) is 0 Å². The van der Waals surface area contributed by atoms with Crippen molar-refractivity contribution in [3.05, 3.63) is 75.5 Å². The van der Waals surface area contributed by atoms with Crippen LogP contribution in [0.5, 0.6) is 0 Å². The van der Waals surface area contributed by atoms with Gasteiger partial charge in [-0.3, -0.25) is 9.59 Å². The van der Waals surface area contributed by atoms with Crippen molar-refractivity contribution in [1.82, 2.24) is 24.9 Å². The smallest absolute Gasteiger partial charge is 0.275 e. The van der Waals surface area contributed by atoms with E-state index in [1.807, 2.05) is 26.0 Å². The van der Waals surface area contributed by atoms with Gasteiger partial charge in [-0.25, -0.2) is 4.68 Å². The predicted octanol–water partition coefficient (Wildman–Crippen LogP) is 5.34. The van der Waals surface area contributed by atoms with E-state index in [9.17, 15) is 9.59 Å². The summed E-state index contributed by atoms with van der Waals surface area (Å²) >= 11 is 6.25. The van der Waals surface area contributed by atoms with Crippen molar-refractivity contribution in [3.8, 4) is 11.5 Å². The van der Waals surface area contributed by atoms with Crippen molar-refractivity contribution in [1.29, 1.82) is 0 Å². The first-order chi connectivity index (χ1) is 16.9. The molecule has 2 aromatic heterocycles. The zero-order chi connectivity index (χ0) is 24.9. The summed E-state index contributed by atoms with van der Waals surface area (Å²) in [5.74, 6) is 0.260. The SMILES string of the molecule is CCCCCn1nc(C(=O)N(Cc2nnc(-c3ccccc3Cl)o2)C(C)C)c2ccccc2c1=O. The van der Waals surface area contributed by atoms with E-state index in [0.717, 1.165) is 19.3 Å². The number of carbonyl (C=O) groups excluding carboxylic acids is 1. The number of hydrogen-bond donors (Lipinski definition) is 0. The van der Waals surface area contributed by atoms with Crippen LogP contribution in [0.4, 0.5) is 0 Å². The molecule has 0 spiro atoms. The molecule has 0 aliphatic carbocycles. The van der Waals surface area contributed by atoms with Gasteiger partial charge in [0.1, 0.15) is 0 Å². The number of benzene rings is 2. The van der Waals surface area contributed by atoms with Crippen LogP contribution in [0, 0.1) is 0 Å². The molecule has 182 valence electrons. The Morgan fingerprint density at radius 3 is 2.49 bits per heavy atom. The molecule has 4 rings (SSSR count). The number of fused-ring (bicyclic) bond motifs is 1. The van der Waals surface area contributed by atoms with Crippen LogP contribution < -0.4 is 5.56 Å². The quantitative estimate of drug-likeness (QED) is 0.292. The minimum absolute atomic E-state index is 0.0962. The number of unbranched alkanes of at least 4 members (excludes halogenated alkanes) is 2. The van der Waals surface area contributed by atoms with Crippen LogP contribution in [-0.2, 0) is 13.1 Å². The van der Waals surface area contributed by atoms with Gasteiger partial charge in [0.25, 0.3) is 11.5 Å². The van der Waals surface area contributed by atoms with Gasteiger partial charge in [-0.15, -0.1) is 10.2 Å². The number of aryl methyl sites for hydroxylation is 1. The summed E-state index contributed by atoms with van der Waals surface area (Å²) in [6.07, 6.45) is 2.82. The van der Waals surface area contributed by atoms with E-state index in [4.69, 9.17) is 16.0 Å². The lowest BCUT2D eigenvalue weighted by atomic mass is 10.1. The van der Waals surface area contributed by atoms with Crippen molar-refractivity contribution >= 4 is 28.3 Å². The molecule has 0 aliphatic heterocycles. The summed E-state index contributed by atoms with van der Waals surface area (Å²) in [4.78, 5) is 28.4. The largest absolute Gasteiger partial charge is 0.419 e. The molecule has 0 N–H and O–H groups in total. The molecule has 2 heterocycles. The zero-order valence-electron chi connectivity index (χ0n) is 20.1. The molecule has 0 aliphatic rings. The summed E-state index contributed by atoms with van der Waals surface area (Å²) in [5, 5.41) is 14.3. The summed E-state index contributed by atoms with van der Waals surface area (Å²) in [6, 6.07) is 14.1. The highest BCUT2D eigenvalue weighted by Crippen LogP contribution is 2.27. The molecule has 0 fully saturated rings. The molecule has 0 bridgehead atoms. The Kier molecular flexibility index (Phi) is 7.60. The molecule has 0 atom stereocenters. The fourth-order valence-corrected chi connectivity index (χ4v) is 4.10. The minimum Gasteiger partial charge on any atom is -0.419 e. The normalized spacial score (nSPS) is 11.3. The molecule has 2 aromatic carbocycles. The van der Waals surface area contributed by atoms with Crippen LogP contribution in [-0.4, -0.2) is 36.8 Å². The molecule has 0 saturated heterocycles. The third-order valence-corrected chi connectivity index (χ3v) is 6.13. The fourth-order valence-electron chi connectivity index (χ4n) is 3.89. The lowest BCUT2D eigenvalue weighted by molar-refractivity contribution is 0.0665. The number of nitrogens with zero attached hydrogens (tertiary/aromatic N) is 5. The molecule has 8 nitrogen and oxygen atoms in total. The second-order valence-corrected chi connectivity index (χ2v) is 9.04. The van der Waals surface area contributed by atoms with Gasteiger partial charge in [0.2, 0.25) is 11.8 Å². The average molecular weight is 494 g/mol.